The van der Waals surface area contributed by atoms with Crippen molar-refractivity contribution >= 4 is 19.5 Å². The molecule has 1 aliphatic heterocycles. The third kappa shape index (κ3) is 4.82. The highest BCUT2D eigenvalue weighted by Gasteiger charge is 2.72. The molecule has 0 saturated carbocycles. The van der Waals surface area contributed by atoms with Gasteiger partial charge in [0, 0.05) is 19.7 Å². The van der Waals surface area contributed by atoms with E-state index in [9.17, 15) is 17.7 Å². The molecule has 1 aromatic carbocycles. The van der Waals surface area contributed by atoms with E-state index < -0.39 is 37.4 Å². The number of hydrogen-bond donors (Lipinski definition) is 0. The Morgan fingerprint density at radius 2 is 1.55 bits per heavy atom. The van der Waals surface area contributed by atoms with Gasteiger partial charge in [0.15, 0.2) is 0 Å². The van der Waals surface area contributed by atoms with E-state index in [0.717, 1.165) is 0 Å². The fraction of sp³-hybridized carbons (Fsp3) is 0.556. The van der Waals surface area contributed by atoms with Gasteiger partial charge in [-0.3, -0.25) is 4.57 Å². The molecule has 1 atom stereocenters. The fourth-order valence-electron chi connectivity index (χ4n) is 2.46. The SMILES string of the molecule is CC(C)OP(=O)(OC(C)C)C1(C(F)(F)F)N=C(c2ccccc2)OC(N(C)C)=N1. The maximum absolute atomic E-state index is 14.5. The van der Waals surface area contributed by atoms with Crippen LogP contribution < -0.4 is 0 Å². The molecule has 11 heteroatoms. The molecule has 1 aromatic rings. The van der Waals surface area contributed by atoms with Gasteiger partial charge in [-0.05, 0) is 39.8 Å². The number of halogens is 3. The van der Waals surface area contributed by atoms with E-state index in [1.165, 1.54) is 58.8 Å². The first-order valence-corrected chi connectivity index (χ1v) is 10.5. The van der Waals surface area contributed by atoms with Crippen LogP contribution in [0.2, 0.25) is 0 Å². The second-order valence-corrected chi connectivity index (χ2v) is 9.15. The minimum Gasteiger partial charge on any atom is -0.406 e. The van der Waals surface area contributed by atoms with Crippen molar-refractivity contribution in [1.29, 1.82) is 0 Å². The van der Waals surface area contributed by atoms with Crippen LogP contribution in [0.25, 0.3) is 0 Å². The minimum atomic E-state index is -5.20. The van der Waals surface area contributed by atoms with Crippen molar-refractivity contribution in [2.75, 3.05) is 14.1 Å². The Morgan fingerprint density at radius 3 is 1.97 bits per heavy atom. The number of benzene rings is 1. The van der Waals surface area contributed by atoms with Crippen LogP contribution in [0.3, 0.4) is 0 Å². The van der Waals surface area contributed by atoms with Gasteiger partial charge in [-0.1, -0.05) is 18.2 Å². The first kappa shape index (κ1) is 23.4. The Morgan fingerprint density at radius 1 is 1.03 bits per heavy atom. The van der Waals surface area contributed by atoms with Crippen molar-refractivity contribution in [3.8, 4) is 0 Å². The van der Waals surface area contributed by atoms with Gasteiger partial charge in [0.25, 0.3) is 6.02 Å². The first-order chi connectivity index (χ1) is 13.3. The summed E-state index contributed by atoms with van der Waals surface area (Å²) in [6.45, 7) is 5.83. The predicted octanol–water partition coefficient (Wildman–Crippen LogP) is 4.64. The largest absolute Gasteiger partial charge is 0.447 e. The highest BCUT2D eigenvalue weighted by molar-refractivity contribution is 7.55. The number of amidine groups is 1. The molecule has 162 valence electrons. The number of hydrogen-bond acceptors (Lipinski definition) is 7. The quantitative estimate of drug-likeness (QED) is 0.609. The molecule has 0 fully saturated rings. The van der Waals surface area contributed by atoms with Gasteiger partial charge in [-0.2, -0.15) is 23.2 Å². The van der Waals surface area contributed by atoms with Gasteiger partial charge in [0.1, 0.15) is 0 Å². The lowest BCUT2D eigenvalue weighted by Gasteiger charge is -2.38. The van der Waals surface area contributed by atoms with Gasteiger partial charge < -0.3 is 18.7 Å². The van der Waals surface area contributed by atoms with Gasteiger partial charge in [0.2, 0.25) is 5.90 Å². The number of aliphatic imine (C=N–C) groups is 2. The summed E-state index contributed by atoms with van der Waals surface area (Å²) in [7, 11) is -2.10. The van der Waals surface area contributed by atoms with Crippen molar-refractivity contribution < 1.29 is 31.5 Å². The van der Waals surface area contributed by atoms with Gasteiger partial charge in [0.05, 0.1) is 12.2 Å². The van der Waals surface area contributed by atoms with Crippen LogP contribution in [0.5, 0.6) is 0 Å². The maximum Gasteiger partial charge on any atom is 0.447 e. The van der Waals surface area contributed by atoms with Crippen LogP contribution >= 0.6 is 7.60 Å². The van der Waals surface area contributed by atoms with Gasteiger partial charge in [-0.15, -0.1) is 0 Å². The van der Waals surface area contributed by atoms with Crippen LogP contribution in [-0.4, -0.2) is 54.7 Å². The zero-order valence-corrected chi connectivity index (χ0v) is 18.0. The molecule has 0 bridgehead atoms. The van der Waals surface area contributed by atoms with Gasteiger partial charge >= 0.3 is 19.2 Å². The summed E-state index contributed by atoms with van der Waals surface area (Å²) in [6.07, 6.45) is -6.87. The highest BCUT2D eigenvalue weighted by atomic mass is 31.2. The Hall–Kier alpha value is -1.90. The molecule has 0 amide bonds. The second-order valence-electron chi connectivity index (χ2n) is 7.11. The second kappa shape index (κ2) is 8.45. The monoisotopic (exact) mass is 435 g/mol. The lowest BCUT2D eigenvalue weighted by Crippen LogP contribution is -2.49. The Balaban J connectivity index is 2.84. The van der Waals surface area contributed by atoms with E-state index in [4.69, 9.17) is 13.8 Å². The summed E-state index contributed by atoms with van der Waals surface area (Å²) >= 11 is 0. The molecule has 2 rings (SSSR count). The third-order valence-electron chi connectivity index (χ3n) is 3.56. The molecule has 0 spiro atoms. The normalized spacial score (nSPS) is 20.4. The highest BCUT2D eigenvalue weighted by Crippen LogP contribution is 2.69. The zero-order chi connectivity index (χ0) is 22.0. The Labute approximate surface area is 168 Å². The molecule has 1 heterocycles. The fourth-order valence-corrected chi connectivity index (χ4v) is 4.64. The number of alkyl halides is 3. The van der Waals surface area contributed by atoms with E-state index in [1.807, 2.05) is 0 Å². The van der Waals surface area contributed by atoms with Crippen LogP contribution in [0.4, 0.5) is 13.2 Å². The van der Waals surface area contributed by atoms with E-state index in [1.54, 1.807) is 18.2 Å². The summed E-state index contributed by atoms with van der Waals surface area (Å²) in [6, 6.07) is 7.56. The molecule has 0 aliphatic carbocycles. The molecule has 7 nitrogen and oxygen atoms in total. The molecule has 0 aromatic heterocycles. The molecule has 29 heavy (non-hydrogen) atoms. The summed E-state index contributed by atoms with van der Waals surface area (Å²) in [5, 5.41) is -3.52. The van der Waals surface area contributed by atoms with Crippen LogP contribution in [0.15, 0.2) is 40.3 Å². The lowest BCUT2D eigenvalue weighted by molar-refractivity contribution is -0.166. The summed E-state index contributed by atoms with van der Waals surface area (Å²) in [4.78, 5) is 8.57. The van der Waals surface area contributed by atoms with Crippen molar-refractivity contribution in [2.24, 2.45) is 9.98 Å². The Bertz CT molecular complexity index is 811. The maximum atomic E-state index is 14.5. The molecule has 0 saturated heterocycles. The summed E-state index contributed by atoms with van der Waals surface area (Å²) in [5.41, 5.74) is 0.260. The van der Waals surface area contributed by atoms with Gasteiger partial charge in [-0.25, -0.2) is 0 Å². The summed E-state index contributed by atoms with van der Waals surface area (Å²) < 4.78 is 73.1. The third-order valence-corrected chi connectivity index (χ3v) is 6.18. The zero-order valence-electron chi connectivity index (χ0n) is 17.1. The lowest BCUT2D eigenvalue weighted by atomic mass is 10.2. The minimum absolute atomic E-state index is 0.260. The number of rotatable bonds is 6. The van der Waals surface area contributed by atoms with Crippen LogP contribution in [0.1, 0.15) is 33.3 Å². The molecule has 1 aliphatic rings. The van der Waals surface area contributed by atoms with Crippen molar-refractivity contribution in [3.05, 3.63) is 35.9 Å². The topological polar surface area (TPSA) is 72.7 Å². The standard InChI is InChI=1S/C18H25F3N3O4P/c1-12(2)27-29(25,28-13(3)4)18(17(19,20)21)22-15(14-10-8-7-9-11-14)26-16(23-18)24(5)6/h7-13H,1-6H3. The van der Waals surface area contributed by atoms with E-state index in [2.05, 4.69) is 9.98 Å². The molecule has 1 unspecified atom stereocenters. The average molecular weight is 435 g/mol. The van der Waals surface area contributed by atoms with Crippen molar-refractivity contribution in [1.82, 2.24) is 4.90 Å². The Kier molecular flexibility index (Phi) is 6.82. The molecule has 0 N–H and O–H groups in total. The molecule has 0 radical (unpaired) electrons. The predicted molar refractivity (Wildman–Crippen MR) is 104 cm³/mol. The molecular weight excluding hydrogens is 410 g/mol. The van der Waals surface area contributed by atoms with E-state index >= 15 is 0 Å². The van der Waals surface area contributed by atoms with Crippen LogP contribution in [-0.2, 0) is 18.3 Å². The first-order valence-electron chi connectivity index (χ1n) is 8.95. The summed E-state index contributed by atoms with van der Waals surface area (Å²) in [5.74, 6) is -0.387. The number of nitrogens with zero attached hydrogens (tertiary/aromatic N) is 3. The van der Waals surface area contributed by atoms with Crippen LogP contribution in [0, 0.1) is 0 Å². The average Bonchev–Trinajstić information content (AvgIpc) is 2.59. The molecular formula is C18H25F3N3O4P. The van der Waals surface area contributed by atoms with Crippen molar-refractivity contribution in [2.45, 2.75) is 51.5 Å². The smallest absolute Gasteiger partial charge is 0.406 e. The number of ether oxygens (including phenoxy) is 1. The van der Waals surface area contributed by atoms with E-state index in [-0.39, 0.29) is 11.5 Å². The van der Waals surface area contributed by atoms with E-state index in [0.29, 0.717) is 0 Å². The van der Waals surface area contributed by atoms with Crippen molar-refractivity contribution in [3.63, 3.8) is 0 Å².